The first-order chi connectivity index (χ1) is 10.1. The summed E-state index contributed by atoms with van der Waals surface area (Å²) in [7, 11) is 1.87. The van der Waals surface area contributed by atoms with Crippen LogP contribution in [0.25, 0.3) is 0 Å². The average molecular weight is 343 g/mol. The minimum absolute atomic E-state index is 0. The van der Waals surface area contributed by atoms with Crippen molar-refractivity contribution in [3.8, 4) is 0 Å². The molecule has 6 heteroatoms. The van der Waals surface area contributed by atoms with E-state index in [-0.39, 0.29) is 29.6 Å². The van der Waals surface area contributed by atoms with E-state index in [2.05, 4.69) is 31.2 Å². The van der Waals surface area contributed by atoms with E-state index in [1.807, 2.05) is 20.0 Å². The molecule has 1 heterocycles. The van der Waals surface area contributed by atoms with Crippen molar-refractivity contribution in [1.82, 2.24) is 9.78 Å². The van der Waals surface area contributed by atoms with Gasteiger partial charge in [-0.3, -0.25) is 9.48 Å². The predicted octanol–water partition coefficient (Wildman–Crippen LogP) is 3.28. The van der Waals surface area contributed by atoms with E-state index in [0.29, 0.717) is 0 Å². The van der Waals surface area contributed by atoms with Crippen LogP contribution in [0.5, 0.6) is 0 Å². The number of carbonyl (C=O) groups excluding carboxylic acids is 1. The maximum absolute atomic E-state index is 12.6. The van der Waals surface area contributed by atoms with Gasteiger partial charge in [0.2, 0.25) is 5.91 Å². The van der Waals surface area contributed by atoms with Crippen molar-refractivity contribution in [2.24, 2.45) is 24.1 Å². The number of aryl methyl sites for hydroxylation is 1. The van der Waals surface area contributed by atoms with Crippen LogP contribution in [0.1, 0.15) is 59.1 Å². The van der Waals surface area contributed by atoms with Crippen molar-refractivity contribution in [1.29, 1.82) is 0 Å². The number of nitrogens with two attached hydrogens (primary N) is 1. The van der Waals surface area contributed by atoms with Gasteiger partial charge in [0.15, 0.2) is 0 Å². The van der Waals surface area contributed by atoms with Crippen LogP contribution in [0.3, 0.4) is 0 Å². The summed E-state index contributed by atoms with van der Waals surface area (Å²) in [4.78, 5) is 12.6. The second-order valence-corrected chi connectivity index (χ2v) is 8.18. The number of aromatic nitrogens is 2. The highest BCUT2D eigenvalue weighted by atomic mass is 35.5. The van der Waals surface area contributed by atoms with Gasteiger partial charge in [0.1, 0.15) is 5.82 Å². The molecule has 0 aliphatic heterocycles. The minimum atomic E-state index is -0.408. The number of hydrogen-bond acceptors (Lipinski definition) is 3. The molecule has 132 valence electrons. The Bertz CT molecular complexity index is 545. The Morgan fingerprint density at radius 2 is 2.13 bits per heavy atom. The van der Waals surface area contributed by atoms with E-state index in [9.17, 15) is 4.79 Å². The summed E-state index contributed by atoms with van der Waals surface area (Å²) in [6, 6.07) is 1.97. The van der Waals surface area contributed by atoms with E-state index in [4.69, 9.17) is 5.73 Å². The zero-order chi connectivity index (χ0) is 16.5. The smallest absolute Gasteiger partial charge is 0.230 e. The standard InChI is InChI=1S/C17H30N4O.ClH/c1-16(2,3)11-12-10-14(21(5)20-12)19-15(22)13-8-6-7-9-17(13,4)18;/h10,13H,6-9,11,18H2,1-5H3,(H,19,22);1H. The summed E-state index contributed by atoms with van der Waals surface area (Å²) >= 11 is 0. The number of carbonyl (C=O) groups is 1. The number of anilines is 1. The normalized spacial score (nSPS) is 24.9. The molecule has 2 unspecified atom stereocenters. The first kappa shape index (κ1) is 20.0. The molecule has 5 nitrogen and oxygen atoms in total. The molecule has 23 heavy (non-hydrogen) atoms. The van der Waals surface area contributed by atoms with Crippen molar-refractivity contribution < 1.29 is 4.79 Å². The largest absolute Gasteiger partial charge is 0.325 e. The highest BCUT2D eigenvalue weighted by Gasteiger charge is 2.38. The highest BCUT2D eigenvalue weighted by molar-refractivity contribution is 5.92. The first-order valence-corrected chi connectivity index (χ1v) is 8.21. The maximum atomic E-state index is 12.6. The Morgan fingerprint density at radius 3 is 2.70 bits per heavy atom. The van der Waals surface area contributed by atoms with Gasteiger partial charge < -0.3 is 11.1 Å². The molecule has 3 N–H and O–H groups in total. The van der Waals surface area contributed by atoms with E-state index >= 15 is 0 Å². The molecule has 0 radical (unpaired) electrons. The predicted molar refractivity (Wildman–Crippen MR) is 96.8 cm³/mol. The molecule has 1 amide bonds. The van der Waals surface area contributed by atoms with Crippen LogP contribution >= 0.6 is 12.4 Å². The lowest BCUT2D eigenvalue weighted by atomic mass is 9.74. The Labute approximate surface area is 145 Å². The molecule has 0 saturated heterocycles. The lowest BCUT2D eigenvalue weighted by Crippen LogP contribution is -2.51. The number of nitrogens with one attached hydrogen (secondary N) is 1. The van der Waals surface area contributed by atoms with Crippen molar-refractivity contribution in [2.75, 3.05) is 5.32 Å². The fraction of sp³-hybridized carbons (Fsp3) is 0.765. The van der Waals surface area contributed by atoms with Crippen LogP contribution in [-0.2, 0) is 18.3 Å². The van der Waals surface area contributed by atoms with Crippen molar-refractivity contribution in [3.63, 3.8) is 0 Å². The molecule has 0 bridgehead atoms. The Balaban J connectivity index is 0.00000264. The van der Waals surface area contributed by atoms with Crippen LogP contribution in [-0.4, -0.2) is 21.2 Å². The molecule has 1 aromatic heterocycles. The summed E-state index contributed by atoms with van der Waals surface area (Å²) in [5.74, 6) is 0.655. The molecule has 2 atom stereocenters. The van der Waals surface area contributed by atoms with Crippen LogP contribution in [0.4, 0.5) is 5.82 Å². The van der Waals surface area contributed by atoms with Crippen LogP contribution in [0.15, 0.2) is 6.07 Å². The van der Waals surface area contributed by atoms with Gasteiger partial charge in [0.25, 0.3) is 0 Å². The molecule has 1 aromatic rings. The Kier molecular flexibility index (Phi) is 6.27. The first-order valence-electron chi connectivity index (χ1n) is 8.21. The van der Waals surface area contributed by atoms with Crippen LogP contribution < -0.4 is 11.1 Å². The molecular weight excluding hydrogens is 312 g/mol. The van der Waals surface area contributed by atoms with Crippen LogP contribution in [0.2, 0.25) is 0 Å². The average Bonchev–Trinajstić information content (AvgIpc) is 2.66. The number of nitrogens with zero attached hydrogens (tertiary/aromatic N) is 2. The van der Waals surface area contributed by atoms with E-state index < -0.39 is 5.54 Å². The van der Waals surface area contributed by atoms with Gasteiger partial charge in [-0.15, -0.1) is 12.4 Å². The molecule has 1 fully saturated rings. The minimum Gasteiger partial charge on any atom is -0.325 e. The fourth-order valence-corrected chi connectivity index (χ4v) is 3.28. The number of rotatable bonds is 3. The second kappa shape index (κ2) is 7.22. The fourth-order valence-electron chi connectivity index (χ4n) is 3.28. The Morgan fingerprint density at radius 1 is 1.48 bits per heavy atom. The molecular formula is C17H31ClN4O. The van der Waals surface area contributed by atoms with Gasteiger partial charge in [-0.05, 0) is 31.6 Å². The third-order valence-corrected chi connectivity index (χ3v) is 4.46. The maximum Gasteiger partial charge on any atom is 0.230 e. The van der Waals surface area contributed by atoms with E-state index in [1.54, 1.807) is 4.68 Å². The summed E-state index contributed by atoms with van der Waals surface area (Å²) in [5.41, 5.74) is 7.09. The molecule has 1 saturated carbocycles. The summed E-state index contributed by atoms with van der Waals surface area (Å²) < 4.78 is 1.75. The highest BCUT2D eigenvalue weighted by Crippen LogP contribution is 2.32. The van der Waals surface area contributed by atoms with Gasteiger partial charge >= 0.3 is 0 Å². The van der Waals surface area contributed by atoms with Crippen molar-refractivity contribution in [2.45, 2.75) is 65.3 Å². The van der Waals surface area contributed by atoms with Gasteiger partial charge in [-0.2, -0.15) is 5.10 Å². The third-order valence-electron chi connectivity index (χ3n) is 4.46. The van der Waals surface area contributed by atoms with Gasteiger partial charge in [-0.25, -0.2) is 0 Å². The monoisotopic (exact) mass is 342 g/mol. The number of amides is 1. The lowest BCUT2D eigenvalue weighted by Gasteiger charge is -2.37. The molecule has 0 spiro atoms. The molecule has 1 aliphatic rings. The number of halogens is 1. The molecule has 1 aliphatic carbocycles. The van der Waals surface area contributed by atoms with Crippen LogP contribution in [0, 0.1) is 11.3 Å². The van der Waals surface area contributed by atoms with Gasteiger partial charge in [-0.1, -0.05) is 33.6 Å². The van der Waals surface area contributed by atoms with E-state index in [0.717, 1.165) is 43.6 Å². The van der Waals surface area contributed by atoms with Gasteiger partial charge in [0.05, 0.1) is 11.6 Å². The zero-order valence-corrected chi connectivity index (χ0v) is 15.8. The summed E-state index contributed by atoms with van der Waals surface area (Å²) in [5, 5.41) is 7.52. The van der Waals surface area contributed by atoms with Crippen molar-refractivity contribution >= 4 is 24.1 Å². The van der Waals surface area contributed by atoms with Crippen molar-refractivity contribution in [3.05, 3.63) is 11.8 Å². The van der Waals surface area contributed by atoms with Gasteiger partial charge in [0, 0.05) is 18.7 Å². The topological polar surface area (TPSA) is 72.9 Å². The SMILES string of the molecule is Cl.Cn1nc(CC(C)(C)C)cc1NC(=O)C1CCCCC1(C)N. The second-order valence-electron chi connectivity index (χ2n) is 8.18. The number of hydrogen-bond donors (Lipinski definition) is 2. The third kappa shape index (κ3) is 5.21. The zero-order valence-electron chi connectivity index (χ0n) is 15.0. The van der Waals surface area contributed by atoms with E-state index in [1.165, 1.54) is 0 Å². The Hall–Kier alpha value is -1.07. The summed E-state index contributed by atoms with van der Waals surface area (Å²) in [6.07, 6.45) is 4.84. The quantitative estimate of drug-likeness (QED) is 0.885. The molecule has 0 aromatic carbocycles. The summed E-state index contributed by atoms with van der Waals surface area (Å²) in [6.45, 7) is 8.54. The molecule has 2 rings (SSSR count). The lowest BCUT2D eigenvalue weighted by molar-refractivity contribution is -0.122.